The van der Waals surface area contributed by atoms with Crippen LogP contribution in [0.5, 0.6) is 0 Å². The minimum Gasteiger partial charge on any atom is -0.0721 e. The monoisotopic (exact) mass is 1110 g/mol. The molecule has 0 heterocycles. The van der Waals surface area contributed by atoms with Crippen molar-refractivity contribution in [3.05, 3.63) is 139 Å². The molecule has 1 aliphatic rings. The van der Waals surface area contributed by atoms with Crippen molar-refractivity contribution in [1.29, 1.82) is 0 Å². The molecule has 0 N–H and O–H groups in total. The Labute approximate surface area is 493 Å². The summed E-state index contributed by atoms with van der Waals surface area (Å²) in [6.45, 7) is 29.0. The van der Waals surface area contributed by atoms with Crippen LogP contribution in [0.2, 0.25) is 0 Å². The van der Waals surface area contributed by atoms with Crippen LogP contribution in [0.15, 0.2) is 72.1 Å². The van der Waals surface area contributed by atoms with Crippen molar-refractivity contribution in [2.24, 2.45) is 0 Å². The molecule has 1 atom stereocenters. The average molecular weight is 1110 g/mol. The molecule has 0 radical (unpaired) electrons. The molecular formula is C77H120P2. The van der Waals surface area contributed by atoms with Gasteiger partial charge in [0.2, 0.25) is 0 Å². The lowest BCUT2D eigenvalue weighted by atomic mass is 9.90. The molecule has 4 aromatic rings. The minimum absolute atomic E-state index is 0.332. The lowest BCUT2D eigenvalue weighted by Crippen LogP contribution is -2.31. The Hall–Kier alpha value is -2.78. The molecule has 0 amide bonds. The van der Waals surface area contributed by atoms with Gasteiger partial charge >= 0.3 is 0 Å². The minimum atomic E-state index is -0.881. The molecule has 0 saturated heterocycles. The summed E-state index contributed by atoms with van der Waals surface area (Å²) in [6.07, 6.45) is 52.9. The topological polar surface area (TPSA) is 0 Å². The fourth-order valence-corrected chi connectivity index (χ4v) is 19.7. The Kier molecular flexibility index (Phi) is 32.4. The van der Waals surface area contributed by atoms with Crippen molar-refractivity contribution in [3.63, 3.8) is 0 Å². The van der Waals surface area contributed by atoms with Crippen LogP contribution in [0.3, 0.4) is 0 Å². The first-order valence-electron chi connectivity index (χ1n) is 34.3. The second kappa shape index (κ2) is 38.1. The van der Waals surface area contributed by atoms with Crippen molar-refractivity contribution in [2.45, 2.75) is 320 Å². The Balaban J connectivity index is 2.05. The quantitative estimate of drug-likeness (QED) is 0.0388. The normalized spacial score (nSPS) is 13.5. The lowest BCUT2D eigenvalue weighted by molar-refractivity contribution is 0.736. The van der Waals surface area contributed by atoms with Crippen molar-refractivity contribution >= 4 is 37.1 Å². The fraction of sp³-hybridized carbons (Fsp3) is 0.636. The van der Waals surface area contributed by atoms with E-state index in [2.05, 4.69) is 150 Å². The van der Waals surface area contributed by atoms with Gasteiger partial charge in [-0.3, -0.25) is 0 Å². The van der Waals surface area contributed by atoms with E-state index in [9.17, 15) is 0 Å². The molecular weight excluding hydrogens is 987 g/mol. The highest BCUT2D eigenvalue weighted by atomic mass is 31.1. The first kappa shape index (κ1) is 67.0. The zero-order valence-corrected chi connectivity index (χ0v) is 55.6. The highest BCUT2D eigenvalue weighted by Crippen LogP contribution is 2.59. The van der Waals surface area contributed by atoms with Gasteiger partial charge < -0.3 is 0 Å². The van der Waals surface area contributed by atoms with Crippen LogP contribution in [0.1, 0.15) is 304 Å². The van der Waals surface area contributed by atoms with Crippen LogP contribution in [-0.4, -0.2) is 5.66 Å². The third kappa shape index (κ3) is 18.6. The highest BCUT2D eigenvalue weighted by molar-refractivity contribution is 7.80. The van der Waals surface area contributed by atoms with Crippen LogP contribution in [0, 0.1) is 0 Å². The summed E-state index contributed by atoms with van der Waals surface area (Å²) in [5.74, 6) is 0. The molecule has 0 nitrogen and oxygen atoms in total. The second-order valence-corrected chi connectivity index (χ2v) is 28.6. The molecule has 0 aliphatic heterocycles. The van der Waals surface area contributed by atoms with Crippen LogP contribution >= 0.6 is 15.8 Å². The van der Waals surface area contributed by atoms with E-state index in [1.165, 1.54) is 231 Å². The smallest absolute Gasteiger partial charge is 0.0315 e. The van der Waals surface area contributed by atoms with Crippen molar-refractivity contribution < 1.29 is 0 Å². The van der Waals surface area contributed by atoms with E-state index >= 15 is 0 Å². The number of unbranched alkanes of at least 4 members (excludes halogenated alkanes) is 12. The average Bonchev–Trinajstić information content (AvgIpc) is 4.15. The molecule has 0 spiro atoms. The molecule has 1 unspecified atom stereocenters. The number of hydrogen-bond donors (Lipinski definition) is 0. The van der Waals surface area contributed by atoms with E-state index < -0.39 is 15.8 Å². The van der Waals surface area contributed by atoms with Gasteiger partial charge in [0.25, 0.3) is 0 Å². The molecule has 0 bridgehead atoms. The Morgan fingerprint density at radius 1 is 0.266 bits per heavy atom. The number of hydrogen-bond acceptors (Lipinski definition) is 0. The fourth-order valence-electron chi connectivity index (χ4n) is 13.1. The van der Waals surface area contributed by atoms with Crippen molar-refractivity contribution in [2.75, 3.05) is 0 Å². The molecule has 79 heavy (non-hydrogen) atoms. The predicted octanol–water partition coefficient (Wildman–Crippen LogP) is 22.2. The van der Waals surface area contributed by atoms with Crippen LogP contribution < -0.4 is 21.2 Å². The Morgan fingerprint density at radius 2 is 0.494 bits per heavy atom. The number of allylic oxidation sites excluding steroid dienone is 4. The summed E-state index contributed by atoms with van der Waals surface area (Å²) in [5.41, 5.74) is 21.0. The van der Waals surface area contributed by atoms with Crippen LogP contribution in [-0.2, 0) is 77.0 Å². The maximum absolute atomic E-state index is 2.80. The lowest BCUT2D eigenvalue weighted by Gasteiger charge is -2.37. The summed E-state index contributed by atoms with van der Waals surface area (Å²) >= 11 is 0. The third-order valence-electron chi connectivity index (χ3n) is 17.9. The molecule has 1 aliphatic carbocycles. The SMILES string of the molecule is CCCCc1ccc(P(C2=CC=CC2P(c2ccc(CCCC)c(CCCC)c2CCCC)c2ccc(CCCC)c(CCCC)c2CCCC)c2ccc(CCCC)c(CCCC)c2CCCC)c(CCCC)c1CCCC. The first-order valence-corrected chi connectivity index (χ1v) is 37.1. The molecule has 0 saturated carbocycles. The Bertz CT molecular complexity index is 2280. The Morgan fingerprint density at radius 3 is 0.759 bits per heavy atom. The van der Waals surface area contributed by atoms with Gasteiger partial charge in [-0.2, -0.15) is 0 Å². The standard InChI is InChI=1S/C77H120P2/c1-13-25-38-60-52-56-72(68(46-33-21-9)64(60)42-29-17-5)78(73-57-53-61(39-26-14-2)65(43-30-18-6)69(73)47-34-22-10)76-50-37-51-77(76)79(74-58-54-62(40-27-15-3)66(44-31-19-7)70(74)48-35-23-11)75-59-55-63(41-28-16-4)67(45-32-20-8)71(75)49-36-24-12/h37,50-59,76H,13-36,38-49H2,1-12H3. The summed E-state index contributed by atoms with van der Waals surface area (Å²) in [7, 11) is -1.72. The third-order valence-corrected chi connectivity index (χ3v) is 23.7. The van der Waals surface area contributed by atoms with E-state index in [-0.39, 0.29) is 0 Å². The van der Waals surface area contributed by atoms with Gasteiger partial charge in [-0.25, -0.2) is 0 Å². The summed E-state index contributed by atoms with van der Waals surface area (Å²) in [6, 6.07) is 21.9. The maximum Gasteiger partial charge on any atom is 0.0315 e. The molecule has 4 aromatic carbocycles. The molecule has 2 heteroatoms. The first-order chi connectivity index (χ1) is 38.8. The van der Waals surface area contributed by atoms with Crippen LogP contribution in [0.25, 0.3) is 0 Å². The number of aryl methyl sites for hydroxylation is 4. The summed E-state index contributed by atoms with van der Waals surface area (Å²) < 4.78 is 0. The van der Waals surface area contributed by atoms with E-state index in [1.54, 1.807) is 93.3 Å². The van der Waals surface area contributed by atoms with E-state index in [0.717, 1.165) is 0 Å². The van der Waals surface area contributed by atoms with E-state index in [1.807, 2.05) is 0 Å². The van der Waals surface area contributed by atoms with Gasteiger partial charge in [-0.15, -0.1) is 0 Å². The zero-order chi connectivity index (χ0) is 56.8. The van der Waals surface area contributed by atoms with Gasteiger partial charge in [0.1, 0.15) is 0 Å². The number of rotatable bonds is 42. The molecule has 0 fully saturated rings. The largest absolute Gasteiger partial charge is 0.0721 e. The van der Waals surface area contributed by atoms with Gasteiger partial charge in [0.05, 0.1) is 0 Å². The van der Waals surface area contributed by atoms with Gasteiger partial charge in [0.15, 0.2) is 0 Å². The second-order valence-electron chi connectivity index (χ2n) is 24.2. The van der Waals surface area contributed by atoms with Crippen molar-refractivity contribution in [1.82, 2.24) is 0 Å². The predicted molar refractivity (Wildman–Crippen MR) is 362 cm³/mol. The van der Waals surface area contributed by atoms with Crippen molar-refractivity contribution in [3.8, 4) is 0 Å². The summed E-state index contributed by atoms with van der Waals surface area (Å²) in [4.78, 5) is 0. The zero-order valence-electron chi connectivity index (χ0n) is 53.8. The van der Waals surface area contributed by atoms with Gasteiger partial charge in [0, 0.05) is 5.66 Å². The van der Waals surface area contributed by atoms with E-state index in [4.69, 9.17) is 0 Å². The molecule has 5 rings (SSSR count). The van der Waals surface area contributed by atoms with Crippen LogP contribution in [0.4, 0.5) is 0 Å². The van der Waals surface area contributed by atoms with Gasteiger partial charge in [-0.1, -0.05) is 227 Å². The maximum atomic E-state index is 2.80. The number of benzene rings is 4. The molecule has 0 aromatic heterocycles. The summed E-state index contributed by atoms with van der Waals surface area (Å²) in [5, 5.41) is 8.68. The highest BCUT2D eigenvalue weighted by Gasteiger charge is 2.39. The van der Waals surface area contributed by atoms with E-state index in [0.29, 0.717) is 5.66 Å². The molecule has 438 valence electrons. The van der Waals surface area contributed by atoms with Gasteiger partial charge in [-0.05, 0) is 263 Å².